The van der Waals surface area contributed by atoms with E-state index in [1.54, 1.807) is 27.0 Å². The van der Waals surface area contributed by atoms with Gasteiger partial charge in [-0.05, 0) is 46.6 Å². The number of hydrogen-bond donors (Lipinski definition) is 2. The molecule has 1 atom stereocenters. The zero-order valence-electron chi connectivity index (χ0n) is 10.2. The second-order valence-electron chi connectivity index (χ2n) is 4.63. The molecule has 0 bridgehead atoms. The lowest BCUT2D eigenvalue weighted by atomic mass is 10.1. The maximum absolute atomic E-state index is 11.7. The average molecular weight is 227 g/mol. The van der Waals surface area contributed by atoms with Crippen LogP contribution in [0.1, 0.15) is 40.0 Å². The van der Waals surface area contributed by atoms with E-state index < -0.39 is 11.6 Å². The molecule has 0 aliphatic rings. The molecule has 0 aliphatic heterocycles. The average Bonchev–Trinajstić information content (AvgIpc) is 2.14. The number of nitrogens with one attached hydrogen (secondary N) is 1. The van der Waals surface area contributed by atoms with Crippen molar-refractivity contribution in [1.82, 2.24) is 5.32 Å². The number of ether oxygens (including phenoxy) is 1. The van der Waals surface area contributed by atoms with Gasteiger partial charge in [-0.1, -0.05) is 0 Å². The Hall–Kier alpha value is -1.28. The summed E-state index contributed by atoms with van der Waals surface area (Å²) >= 11 is 0. The van der Waals surface area contributed by atoms with Gasteiger partial charge < -0.3 is 15.8 Å². The van der Waals surface area contributed by atoms with Gasteiger partial charge in [0.1, 0.15) is 11.6 Å². The van der Waals surface area contributed by atoms with E-state index in [9.17, 15) is 4.79 Å². The molecule has 5 heteroatoms. The van der Waals surface area contributed by atoms with Crippen LogP contribution in [0.2, 0.25) is 0 Å². The number of hydrogen-bond acceptors (Lipinski definition) is 5. The van der Waals surface area contributed by atoms with Gasteiger partial charge in [-0.3, -0.25) is 0 Å². The van der Waals surface area contributed by atoms with Gasteiger partial charge in [-0.25, -0.2) is 4.79 Å². The molecule has 3 N–H and O–H groups in total. The number of carbonyl (C=O) groups is 1. The predicted molar refractivity (Wildman–Crippen MR) is 61.3 cm³/mol. The highest BCUT2D eigenvalue weighted by molar-refractivity contribution is 5.76. The van der Waals surface area contributed by atoms with Gasteiger partial charge in [0.15, 0.2) is 6.19 Å². The molecular weight excluding hydrogens is 206 g/mol. The topological polar surface area (TPSA) is 88.1 Å². The zero-order chi connectivity index (χ0) is 12.6. The Morgan fingerprint density at radius 2 is 2.12 bits per heavy atom. The van der Waals surface area contributed by atoms with Crippen LogP contribution in [0.5, 0.6) is 0 Å². The van der Waals surface area contributed by atoms with Crippen LogP contribution in [-0.2, 0) is 9.53 Å². The van der Waals surface area contributed by atoms with Gasteiger partial charge in [0.2, 0.25) is 0 Å². The number of rotatable bonds is 6. The molecule has 92 valence electrons. The van der Waals surface area contributed by atoms with Crippen LogP contribution in [0.4, 0.5) is 0 Å². The van der Waals surface area contributed by atoms with E-state index in [4.69, 9.17) is 15.7 Å². The lowest BCUT2D eigenvalue weighted by Crippen LogP contribution is -2.39. The highest BCUT2D eigenvalue weighted by Gasteiger charge is 2.24. The summed E-state index contributed by atoms with van der Waals surface area (Å²) in [6.07, 6.45) is 3.99. The van der Waals surface area contributed by atoms with Crippen LogP contribution < -0.4 is 11.1 Å². The third-order valence-electron chi connectivity index (χ3n) is 1.88. The standard InChI is InChI=1S/C11H21N3O2/c1-11(2,3)16-10(15)9(14-8-13)6-4-5-7-12/h9,14H,4-7,12H2,1-3H3/t9-/m0/s1. The number of nitriles is 1. The minimum Gasteiger partial charge on any atom is -0.458 e. The molecule has 0 heterocycles. The van der Waals surface area contributed by atoms with Crippen LogP contribution in [0.15, 0.2) is 0 Å². The van der Waals surface area contributed by atoms with Crippen molar-refractivity contribution in [2.24, 2.45) is 5.73 Å². The van der Waals surface area contributed by atoms with Gasteiger partial charge >= 0.3 is 5.97 Å². The highest BCUT2D eigenvalue weighted by atomic mass is 16.6. The predicted octanol–water partition coefficient (Wildman–Crippen LogP) is 0.896. The molecule has 0 aromatic heterocycles. The van der Waals surface area contributed by atoms with Crippen LogP contribution in [0.3, 0.4) is 0 Å². The van der Waals surface area contributed by atoms with E-state index in [1.165, 1.54) is 0 Å². The Labute approximate surface area is 96.9 Å². The first-order valence-electron chi connectivity index (χ1n) is 5.48. The molecule has 0 fully saturated rings. The van der Waals surface area contributed by atoms with E-state index in [0.717, 1.165) is 12.8 Å². The van der Waals surface area contributed by atoms with Gasteiger partial charge in [0.25, 0.3) is 0 Å². The molecule has 0 aromatic rings. The first-order valence-corrected chi connectivity index (χ1v) is 5.48. The summed E-state index contributed by atoms with van der Waals surface area (Å²) < 4.78 is 5.20. The fourth-order valence-corrected chi connectivity index (χ4v) is 1.19. The summed E-state index contributed by atoms with van der Waals surface area (Å²) in [6, 6.07) is -0.559. The largest absolute Gasteiger partial charge is 0.458 e. The monoisotopic (exact) mass is 227 g/mol. The smallest absolute Gasteiger partial charge is 0.329 e. The third kappa shape index (κ3) is 7.07. The Balaban J connectivity index is 4.19. The summed E-state index contributed by atoms with van der Waals surface area (Å²) in [4.78, 5) is 11.7. The summed E-state index contributed by atoms with van der Waals surface area (Å²) in [5, 5.41) is 11.0. The van der Waals surface area contributed by atoms with E-state index in [0.29, 0.717) is 13.0 Å². The maximum atomic E-state index is 11.7. The normalized spacial score (nSPS) is 12.7. The van der Waals surface area contributed by atoms with Gasteiger partial charge in [-0.15, -0.1) is 0 Å². The maximum Gasteiger partial charge on any atom is 0.329 e. The summed E-state index contributed by atoms with van der Waals surface area (Å²) in [5.41, 5.74) is 4.84. The van der Waals surface area contributed by atoms with Crippen molar-refractivity contribution in [3.8, 4) is 6.19 Å². The Morgan fingerprint density at radius 3 is 2.56 bits per heavy atom. The van der Waals surface area contributed by atoms with Crippen molar-refractivity contribution in [3.63, 3.8) is 0 Å². The molecule has 0 aromatic carbocycles. The van der Waals surface area contributed by atoms with Gasteiger partial charge in [-0.2, -0.15) is 5.26 Å². The fraction of sp³-hybridized carbons (Fsp3) is 0.818. The molecule has 16 heavy (non-hydrogen) atoms. The summed E-state index contributed by atoms with van der Waals surface area (Å²) in [5.74, 6) is -0.383. The third-order valence-corrected chi connectivity index (χ3v) is 1.88. The molecule has 0 rings (SSSR count). The second-order valence-corrected chi connectivity index (χ2v) is 4.63. The Kier molecular flexibility index (Phi) is 6.50. The zero-order valence-corrected chi connectivity index (χ0v) is 10.2. The Bertz CT molecular complexity index is 253. The second kappa shape index (κ2) is 7.07. The molecule has 5 nitrogen and oxygen atoms in total. The first kappa shape index (κ1) is 14.7. The molecule has 0 aliphatic carbocycles. The van der Waals surface area contributed by atoms with Crippen molar-refractivity contribution >= 4 is 5.97 Å². The minimum atomic E-state index is -0.559. The lowest BCUT2D eigenvalue weighted by molar-refractivity contribution is -0.157. The van der Waals surface area contributed by atoms with Gasteiger partial charge in [0, 0.05) is 0 Å². The van der Waals surface area contributed by atoms with E-state index in [-0.39, 0.29) is 5.97 Å². The molecule has 0 saturated carbocycles. The SMILES string of the molecule is CC(C)(C)OC(=O)[C@H](CCCCN)NC#N. The molecule has 0 amide bonds. The number of nitrogens with two attached hydrogens (primary N) is 1. The first-order chi connectivity index (χ1) is 7.40. The molecule has 0 saturated heterocycles. The fourth-order valence-electron chi connectivity index (χ4n) is 1.19. The van der Waals surface area contributed by atoms with Crippen molar-refractivity contribution in [3.05, 3.63) is 0 Å². The van der Waals surface area contributed by atoms with Crippen LogP contribution >= 0.6 is 0 Å². The van der Waals surface area contributed by atoms with E-state index >= 15 is 0 Å². The molecule has 0 spiro atoms. The summed E-state index contributed by atoms with van der Waals surface area (Å²) in [6.45, 7) is 5.99. The van der Waals surface area contributed by atoms with E-state index in [2.05, 4.69) is 5.32 Å². The van der Waals surface area contributed by atoms with Crippen molar-refractivity contribution < 1.29 is 9.53 Å². The number of esters is 1. The number of carbonyl (C=O) groups excluding carboxylic acids is 1. The number of unbranched alkanes of at least 4 members (excludes halogenated alkanes) is 1. The van der Waals surface area contributed by atoms with Crippen LogP contribution in [0, 0.1) is 11.5 Å². The number of nitrogens with zero attached hydrogens (tertiary/aromatic N) is 1. The van der Waals surface area contributed by atoms with Crippen molar-refractivity contribution in [1.29, 1.82) is 5.26 Å². The van der Waals surface area contributed by atoms with Crippen LogP contribution in [-0.4, -0.2) is 24.2 Å². The van der Waals surface area contributed by atoms with Crippen molar-refractivity contribution in [2.75, 3.05) is 6.54 Å². The quantitative estimate of drug-likeness (QED) is 0.304. The van der Waals surface area contributed by atoms with E-state index in [1.807, 2.05) is 0 Å². The summed E-state index contributed by atoms with van der Waals surface area (Å²) in [7, 11) is 0. The van der Waals surface area contributed by atoms with Gasteiger partial charge in [0.05, 0.1) is 0 Å². The molecule has 0 radical (unpaired) electrons. The minimum absolute atomic E-state index is 0.383. The molecular formula is C11H21N3O2. The lowest BCUT2D eigenvalue weighted by Gasteiger charge is -2.23. The van der Waals surface area contributed by atoms with Crippen LogP contribution in [0.25, 0.3) is 0 Å². The Morgan fingerprint density at radius 1 is 1.50 bits per heavy atom. The van der Waals surface area contributed by atoms with Crippen molar-refractivity contribution in [2.45, 2.75) is 51.7 Å². The molecule has 0 unspecified atom stereocenters. The highest BCUT2D eigenvalue weighted by Crippen LogP contribution is 2.11.